The summed E-state index contributed by atoms with van der Waals surface area (Å²) in [6.07, 6.45) is 3.76. The average molecular weight is 258 g/mol. The van der Waals surface area contributed by atoms with E-state index in [2.05, 4.69) is 33.2 Å². The topological polar surface area (TPSA) is 50.9 Å². The summed E-state index contributed by atoms with van der Waals surface area (Å²) in [4.78, 5) is 4.20. The van der Waals surface area contributed by atoms with Crippen LogP contribution in [-0.2, 0) is 0 Å². The second-order valence-electron chi connectivity index (χ2n) is 3.22. The third-order valence-electron chi connectivity index (χ3n) is 2.09. The van der Waals surface area contributed by atoms with Crippen LogP contribution >= 0.6 is 15.9 Å². The van der Waals surface area contributed by atoms with Gasteiger partial charge in [-0.3, -0.25) is 0 Å². The minimum atomic E-state index is 0.282. The summed E-state index contributed by atoms with van der Waals surface area (Å²) < 4.78 is 0.991. The van der Waals surface area contributed by atoms with Crippen molar-refractivity contribution in [3.8, 4) is 0 Å². The lowest BCUT2D eigenvalue weighted by Gasteiger charge is -2.10. The highest BCUT2D eigenvalue weighted by molar-refractivity contribution is 9.10. The van der Waals surface area contributed by atoms with Gasteiger partial charge in [0, 0.05) is 18.8 Å². The van der Waals surface area contributed by atoms with Crippen molar-refractivity contribution in [2.75, 3.05) is 11.9 Å². The van der Waals surface area contributed by atoms with Gasteiger partial charge in [-0.15, -0.1) is 0 Å². The van der Waals surface area contributed by atoms with E-state index in [0.29, 0.717) is 0 Å². The van der Waals surface area contributed by atoms with Gasteiger partial charge in [0.1, 0.15) is 5.82 Å². The van der Waals surface area contributed by atoms with Crippen LogP contribution in [0.3, 0.4) is 0 Å². The van der Waals surface area contributed by atoms with Crippen LogP contribution in [0.15, 0.2) is 22.8 Å². The molecule has 0 saturated carbocycles. The number of rotatable bonds is 5. The Bertz CT molecular complexity index is 278. The first-order valence-electron chi connectivity index (χ1n) is 4.84. The molecule has 3 nitrogen and oxygen atoms in total. The zero-order valence-electron chi connectivity index (χ0n) is 8.33. The second-order valence-corrected chi connectivity index (χ2v) is 4.07. The van der Waals surface area contributed by atoms with E-state index >= 15 is 0 Å². The van der Waals surface area contributed by atoms with Crippen LogP contribution < -0.4 is 11.1 Å². The first kappa shape index (κ1) is 11.5. The van der Waals surface area contributed by atoms with Gasteiger partial charge in [0.05, 0.1) is 4.47 Å². The van der Waals surface area contributed by atoms with Gasteiger partial charge < -0.3 is 11.1 Å². The maximum atomic E-state index is 5.80. The molecule has 14 heavy (non-hydrogen) atoms. The predicted octanol–water partition coefficient (Wildman–Crippen LogP) is 2.38. The molecule has 0 saturated heterocycles. The van der Waals surface area contributed by atoms with Gasteiger partial charge in [-0.25, -0.2) is 4.98 Å². The van der Waals surface area contributed by atoms with Crippen molar-refractivity contribution in [3.63, 3.8) is 0 Å². The van der Waals surface area contributed by atoms with Crippen LogP contribution in [0.25, 0.3) is 0 Å². The molecule has 1 rings (SSSR count). The molecular formula is C10H16BrN3. The maximum Gasteiger partial charge on any atom is 0.140 e. The highest BCUT2D eigenvalue weighted by Crippen LogP contribution is 2.17. The van der Waals surface area contributed by atoms with E-state index in [9.17, 15) is 0 Å². The Labute approximate surface area is 93.2 Å². The molecule has 0 aliphatic heterocycles. The summed E-state index contributed by atoms with van der Waals surface area (Å²) in [5.41, 5.74) is 5.80. The zero-order valence-corrected chi connectivity index (χ0v) is 9.92. The maximum absolute atomic E-state index is 5.80. The number of pyridine rings is 1. The molecule has 0 bridgehead atoms. The molecule has 1 unspecified atom stereocenters. The molecule has 1 heterocycles. The minimum absolute atomic E-state index is 0.282. The Kier molecular flexibility index (Phi) is 4.90. The Hall–Kier alpha value is -0.610. The van der Waals surface area contributed by atoms with Crippen LogP contribution in [0.2, 0.25) is 0 Å². The largest absolute Gasteiger partial charge is 0.369 e. The molecule has 1 aromatic heterocycles. The number of anilines is 1. The Morgan fingerprint density at radius 1 is 1.64 bits per heavy atom. The van der Waals surface area contributed by atoms with E-state index in [1.807, 2.05) is 12.1 Å². The van der Waals surface area contributed by atoms with E-state index in [-0.39, 0.29) is 6.04 Å². The lowest BCUT2D eigenvalue weighted by molar-refractivity contribution is 0.613. The van der Waals surface area contributed by atoms with Gasteiger partial charge in [0.2, 0.25) is 0 Å². The monoisotopic (exact) mass is 257 g/mol. The fraction of sp³-hybridized carbons (Fsp3) is 0.500. The average Bonchev–Trinajstić information content (AvgIpc) is 2.20. The van der Waals surface area contributed by atoms with E-state index in [1.165, 1.54) is 0 Å². The Balaban J connectivity index is 2.35. The van der Waals surface area contributed by atoms with E-state index < -0.39 is 0 Å². The van der Waals surface area contributed by atoms with Gasteiger partial charge in [-0.2, -0.15) is 0 Å². The van der Waals surface area contributed by atoms with Crippen LogP contribution in [0.1, 0.15) is 19.8 Å². The molecule has 0 aliphatic rings. The fourth-order valence-corrected chi connectivity index (χ4v) is 1.49. The number of nitrogens with two attached hydrogens (primary N) is 1. The van der Waals surface area contributed by atoms with Crippen molar-refractivity contribution in [3.05, 3.63) is 22.8 Å². The van der Waals surface area contributed by atoms with Crippen molar-refractivity contribution in [2.24, 2.45) is 5.73 Å². The number of halogens is 1. The van der Waals surface area contributed by atoms with E-state index in [4.69, 9.17) is 5.73 Å². The molecule has 78 valence electrons. The van der Waals surface area contributed by atoms with E-state index in [0.717, 1.165) is 29.7 Å². The lowest BCUT2D eigenvalue weighted by atomic mass is 10.2. The molecule has 1 aromatic rings. The molecule has 0 radical (unpaired) electrons. The number of nitrogens with zero attached hydrogens (tertiary/aromatic N) is 1. The molecule has 0 aromatic carbocycles. The summed E-state index contributed by atoms with van der Waals surface area (Å²) >= 11 is 3.42. The molecule has 4 heteroatoms. The third kappa shape index (κ3) is 3.64. The number of nitrogens with one attached hydrogen (secondary N) is 1. The first-order valence-corrected chi connectivity index (χ1v) is 5.63. The van der Waals surface area contributed by atoms with Crippen molar-refractivity contribution in [1.82, 2.24) is 4.98 Å². The Morgan fingerprint density at radius 2 is 2.43 bits per heavy atom. The highest BCUT2D eigenvalue weighted by Gasteiger charge is 2.01. The third-order valence-corrected chi connectivity index (χ3v) is 2.73. The van der Waals surface area contributed by atoms with Crippen LogP contribution in [0.5, 0.6) is 0 Å². The number of aromatic nitrogens is 1. The molecule has 3 N–H and O–H groups in total. The van der Waals surface area contributed by atoms with Gasteiger partial charge in [-0.05, 0) is 40.9 Å². The number of hydrogen-bond donors (Lipinski definition) is 2. The van der Waals surface area contributed by atoms with Crippen molar-refractivity contribution in [2.45, 2.75) is 25.8 Å². The normalized spacial score (nSPS) is 12.5. The van der Waals surface area contributed by atoms with Crippen LogP contribution in [0, 0.1) is 0 Å². The summed E-state index contributed by atoms with van der Waals surface area (Å²) in [6, 6.07) is 4.15. The zero-order chi connectivity index (χ0) is 10.4. The molecule has 0 spiro atoms. The van der Waals surface area contributed by atoms with Crippen molar-refractivity contribution in [1.29, 1.82) is 0 Å². The van der Waals surface area contributed by atoms with Gasteiger partial charge in [0.25, 0.3) is 0 Å². The summed E-state index contributed by atoms with van der Waals surface area (Å²) in [5.74, 6) is 0.885. The quantitative estimate of drug-likeness (QED) is 0.852. The molecule has 0 aliphatic carbocycles. The van der Waals surface area contributed by atoms with Gasteiger partial charge in [-0.1, -0.05) is 6.92 Å². The minimum Gasteiger partial charge on any atom is -0.369 e. The van der Waals surface area contributed by atoms with Crippen molar-refractivity contribution < 1.29 is 0 Å². The second kappa shape index (κ2) is 5.98. The highest BCUT2D eigenvalue weighted by atomic mass is 79.9. The van der Waals surface area contributed by atoms with E-state index in [1.54, 1.807) is 6.20 Å². The smallest absolute Gasteiger partial charge is 0.140 e. The first-order chi connectivity index (χ1) is 6.74. The predicted molar refractivity (Wildman–Crippen MR) is 63.3 cm³/mol. The standard InChI is InChI=1S/C10H16BrN3/c1-2-8(12)5-7-14-10-9(11)4-3-6-13-10/h3-4,6,8H,2,5,7,12H2,1H3,(H,13,14). The number of hydrogen-bond acceptors (Lipinski definition) is 3. The lowest BCUT2D eigenvalue weighted by Crippen LogP contribution is -2.22. The summed E-state index contributed by atoms with van der Waals surface area (Å²) in [5, 5.41) is 3.24. The van der Waals surface area contributed by atoms with Crippen LogP contribution in [0.4, 0.5) is 5.82 Å². The molecule has 1 atom stereocenters. The van der Waals surface area contributed by atoms with Gasteiger partial charge >= 0.3 is 0 Å². The Morgan fingerprint density at radius 3 is 3.07 bits per heavy atom. The summed E-state index contributed by atoms with van der Waals surface area (Å²) in [7, 11) is 0. The van der Waals surface area contributed by atoms with Crippen molar-refractivity contribution >= 4 is 21.7 Å². The molecule has 0 amide bonds. The van der Waals surface area contributed by atoms with Gasteiger partial charge in [0.15, 0.2) is 0 Å². The molecular weight excluding hydrogens is 242 g/mol. The van der Waals surface area contributed by atoms with Crippen LogP contribution in [-0.4, -0.2) is 17.6 Å². The molecule has 0 fully saturated rings. The summed E-state index contributed by atoms with van der Waals surface area (Å²) in [6.45, 7) is 2.96. The SMILES string of the molecule is CCC(N)CCNc1ncccc1Br. The fourth-order valence-electron chi connectivity index (χ4n) is 1.10.